The van der Waals surface area contributed by atoms with E-state index in [2.05, 4.69) is 14.9 Å². The zero-order valence-corrected chi connectivity index (χ0v) is 13.7. The molecule has 5 nitrogen and oxygen atoms in total. The predicted octanol–water partition coefficient (Wildman–Crippen LogP) is 1.85. The van der Waals surface area contributed by atoms with Crippen LogP contribution in [0.3, 0.4) is 0 Å². The summed E-state index contributed by atoms with van der Waals surface area (Å²) in [5.74, 6) is 0. The van der Waals surface area contributed by atoms with Crippen molar-refractivity contribution in [1.29, 1.82) is 0 Å². The minimum Gasteiger partial charge on any atom is -0.376 e. The Kier molecular flexibility index (Phi) is 6.28. The van der Waals surface area contributed by atoms with Gasteiger partial charge >= 0.3 is 0 Å². The molecule has 1 aromatic rings. The summed E-state index contributed by atoms with van der Waals surface area (Å²) in [6.45, 7) is 9.01. The second-order valence-corrected chi connectivity index (χ2v) is 6.63. The molecule has 1 aromatic heterocycles. The van der Waals surface area contributed by atoms with Crippen molar-refractivity contribution in [2.45, 2.75) is 44.8 Å². The van der Waals surface area contributed by atoms with Crippen LogP contribution in [0.4, 0.5) is 0 Å². The van der Waals surface area contributed by atoms with Crippen molar-refractivity contribution < 1.29 is 4.74 Å². The number of aromatic nitrogens is 2. The Labute approximate surface area is 134 Å². The highest BCUT2D eigenvalue weighted by atomic mass is 16.5. The second-order valence-electron chi connectivity index (χ2n) is 6.63. The fourth-order valence-electron chi connectivity index (χ4n) is 3.60. The maximum absolute atomic E-state index is 6.09. The van der Waals surface area contributed by atoms with Crippen LogP contribution in [0.25, 0.3) is 0 Å². The Morgan fingerprint density at radius 2 is 1.86 bits per heavy atom. The van der Waals surface area contributed by atoms with Gasteiger partial charge < -0.3 is 14.5 Å². The van der Waals surface area contributed by atoms with E-state index in [4.69, 9.17) is 4.74 Å². The molecule has 0 amide bonds. The number of likely N-dealkylation sites (tertiary alicyclic amines) is 1. The minimum atomic E-state index is 0.394. The standard InChI is InChI=1S/C17H30N4O/c1-2-8-19(9-3-1)15-17-16-20(11-6-14-22-17)10-5-13-21-12-4-7-18-21/h4,7,12,17H,1-3,5-6,8-11,13-16H2. The maximum Gasteiger partial charge on any atom is 0.0828 e. The second kappa shape index (κ2) is 8.65. The highest BCUT2D eigenvalue weighted by Crippen LogP contribution is 2.13. The third-order valence-corrected chi connectivity index (χ3v) is 4.77. The van der Waals surface area contributed by atoms with Crippen molar-refractivity contribution >= 4 is 0 Å². The Balaban J connectivity index is 1.40. The summed E-state index contributed by atoms with van der Waals surface area (Å²) in [4.78, 5) is 5.19. The van der Waals surface area contributed by atoms with Gasteiger partial charge in [-0.15, -0.1) is 0 Å². The zero-order chi connectivity index (χ0) is 15.0. The lowest BCUT2D eigenvalue weighted by Crippen LogP contribution is -2.42. The smallest absolute Gasteiger partial charge is 0.0828 e. The predicted molar refractivity (Wildman–Crippen MR) is 87.9 cm³/mol. The van der Waals surface area contributed by atoms with Crippen LogP contribution in [0.15, 0.2) is 18.5 Å². The molecule has 1 unspecified atom stereocenters. The fourth-order valence-corrected chi connectivity index (χ4v) is 3.60. The lowest BCUT2D eigenvalue weighted by Gasteiger charge is -2.31. The number of ether oxygens (including phenoxy) is 1. The van der Waals surface area contributed by atoms with E-state index in [-0.39, 0.29) is 0 Å². The molecule has 3 rings (SSSR count). The van der Waals surface area contributed by atoms with Gasteiger partial charge in [0.1, 0.15) is 0 Å². The van der Waals surface area contributed by atoms with Crippen molar-refractivity contribution in [3.05, 3.63) is 18.5 Å². The van der Waals surface area contributed by atoms with Crippen LogP contribution < -0.4 is 0 Å². The van der Waals surface area contributed by atoms with Crippen molar-refractivity contribution in [3.63, 3.8) is 0 Å². The number of hydrogen-bond donors (Lipinski definition) is 0. The molecule has 2 fully saturated rings. The number of nitrogens with zero attached hydrogens (tertiary/aromatic N) is 4. The quantitative estimate of drug-likeness (QED) is 0.803. The summed E-state index contributed by atoms with van der Waals surface area (Å²) in [5.41, 5.74) is 0. The van der Waals surface area contributed by atoms with E-state index >= 15 is 0 Å². The summed E-state index contributed by atoms with van der Waals surface area (Å²) >= 11 is 0. The molecular weight excluding hydrogens is 276 g/mol. The van der Waals surface area contributed by atoms with Crippen LogP contribution in [-0.2, 0) is 11.3 Å². The molecule has 0 aromatic carbocycles. The van der Waals surface area contributed by atoms with E-state index in [0.717, 1.165) is 45.6 Å². The highest BCUT2D eigenvalue weighted by Gasteiger charge is 2.21. The van der Waals surface area contributed by atoms with Crippen molar-refractivity contribution in [3.8, 4) is 0 Å². The fraction of sp³-hybridized carbons (Fsp3) is 0.824. The third kappa shape index (κ3) is 5.07. The third-order valence-electron chi connectivity index (χ3n) is 4.77. The van der Waals surface area contributed by atoms with Gasteiger partial charge in [0.25, 0.3) is 0 Å². The SMILES string of the molecule is c1cnn(CCCN2CCCOC(CN3CCCCC3)C2)c1. The number of aryl methyl sites for hydroxylation is 1. The monoisotopic (exact) mass is 306 g/mol. The molecule has 0 N–H and O–H groups in total. The van der Waals surface area contributed by atoms with Gasteiger partial charge in [0.15, 0.2) is 0 Å². The first kappa shape index (κ1) is 16.0. The van der Waals surface area contributed by atoms with Crippen LogP contribution in [0.2, 0.25) is 0 Å². The van der Waals surface area contributed by atoms with Crippen LogP contribution >= 0.6 is 0 Å². The molecule has 22 heavy (non-hydrogen) atoms. The van der Waals surface area contributed by atoms with Gasteiger partial charge in [-0.3, -0.25) is 4.68 Å². The topological polar surface area (TPSA) is 33.5 Å². The summed E-state index contributed by atoms with van der Waals surface area (Å²) in [6, 6.07) is 1.99. The molecule has 2 aliphatic rings. The van der Waals surface area contributed by atoms with Gasteiger partial charge in [-0.05, 0) is 44.8 Å². The minimum absolute atomic E-state index is 0.394. The number of rotatable bonds is 6. The van der Waals surface area contributed by atoms with Gasteiger partial charge in [-0.2, -0.15) is 5.10 Å². The summed E-state index contributed by atoms with van der Waals surface area (Å²) in [5, 5.41) is 4.28. The number of piperidine rings is 1. The Morgan fingerprint density at radius 1 is 1.00 bits per heavy atom. The van der Waals surface area contributed by atoms with E-state index in [0.29, 0.717) is 6.10 Å². The van der Waals surface area contributed by atoms with E-state index in [1.54, 1.807) is 0 Å². The van der Waals surface area contributed by atoms with Gasteiger partial charge in [-0.25, -0.2) is 0 Å². The molecular formula is C17H30N4O. The van der Waals surface area contributed by atoms with Gasteiger partial charge in [0.05, 0.1) is 6.10 Å². The lowest BCUT2D eigenvalue weighted by molar-refractivity contribution is 0.0222. The molecule has 0 aliphatic carbocycles. The van der Waals surface area contributed by atoms with E-state index < -0.39 is 0 Å². The molecule has 2 aliphatic heterocycles. The highest BCUT2D eigenvalue weighted by molar-refractivity contribution is 4.78. The van der Waals surface area contributed by atoms with Crippen LogP contribution in [0.1, 0.15) is 32.1 Å². The first-order chi connectivity index (χ1) is 10.9. The van der Waals surface area contributed by atoms with Crippen molar-refractivity contribution in [2.75, 3.05) is 45.9 Å². The van der Waals surface area contributed by atoms with E-state index in [1.807, 2.05) is 23.1 Å². The maximum atomic E-state index is 6.09. The first-order valence-electron chi connectivity index (χ1n) is 8.94. The average Bonchev–Trinajstić information content (AvgIpc) is 2.96. The zero-order valence-electron chi connectivity index (χ0n) is 13.7. The molecule has 0 bridgehead atoms. The van der Waals surface area contributed by atoms with Crippen molar-refractivity contribution in [2.24, 2.45) is 0 Å². The molecule has 0 saturated carbocycles. The Morgan fingerprint density at radius 3 is 2.68 bits per heavy atom. The molecule has 5 heteroatoms. The van der Waals surface area contributed by atoms with E-state index in [9.17, 15) is 0 Å². The summed E-state index contributed by atoms with van der Waals surface area (Å²) in [7, 11) is 0. The Bertz CT molecular complexity index is 403. The van der Waals surface area contributed by atoms with Crippen LogP contribution in [0.5, 0.6) is 0 Å². The molecule has 1 atom stereocenters. The molecule has 0 radical (unpaired) electrons. The van der Waals surface area contributed by atoms with Gasteiger partial charge in [-0.1, -0.05) is 6.42 Å². The van der Waals surface area contributed by atoms with Crippen molar-refractivity contribution in [1.82, 2.24) is 19.6 Å². The lowest BCUT2D eigenvalue weighted by atomic mass is 10.1. The molecule has 124 valence electrons. The van der Waals surface area contributed by atoms with Gasteiger partial charge in [0, 0.05) is 51.7 Å². The van der Waals surface area contributed by atoms with Crippen LogP contribution in [-0.4, -0.2) is 71.6 Å². The molecule has 0 spiro atoms. The average molecular weight is 306 g/mol. The first-order valence-corrected chi connectivity index (χ1v) is 8.94. The Hall–Kier alpha value is -0.910. The normalized spacial score (nSPS) is 25.2. The number of hydrogen-bond acceptors (Lipinski definition) is 4. The molecule has 3 heterocycles. The molecule has 2 saturated heterocycles. The van der Waals surface area contributed by atoms with Crippen LogP contribution in [0, 0.1) is 0 Å². The van der Waals surface area contributed by atoms with E-state index in [1.165, 1.54) is 38.9 Å². The van der Waals surface area contributed by atoms with Gasteiger partial charge in [0.2, 0.25) is 0 Å². The summed E-state index contributed by atoms with van der Waals surface area (Å²) in [6.07, 6.45) is 10.8. The summed E-state index contributed by atoms with van der Waals surface area (Å²) < 4.78 is 8.11. The largest absolute Gasteiger partial charge is 0.376 e.